The quantitative estimate of drug-likeness (QED) is 0.730. The average molecular weight is 223 g/mol. The number of nitriles is 1. The van der Waals surface area contributed by atoms with E-state index in [-0.39, 0.29) is 5.41 Å². The first-order valence-corrected chi connectivity index (χ1v) is 6.24. The predicted octanol–water partition coefficient (Wildman–Crippen LogP) is 1.95. The van der Waals surface area contributed by atoms with Crippen LogP contribution in [0.3, 0.4) is 0 Å². The Bertz CT molecular complexity index is 254. The highest BCUT2D eigenvalue weighted by molar-refractivity contribution is 4.92. The van der Waals surface area contributed by atoms with Gasteiger partial charge in [0.2, 0.25) is 0 Å². The maximum absolute atomic E-state index is 8.98. The second kappa shape index (κ2) is 5.65. The van der Waals surface area contributed by atoms with E-state index in [2.05, 4.69) is 30.0 Å². The standard InChI is InChI=1S/C13H25N3/c1-13(2,11-14)7-9-16(4)12-6-5-8-15(3)10-12/h12H,5-10H2,1-4H3. The van der Waals surface area contributed by atoms with Crippen molar-refractivity contribution in [2.75, 3.05) is 33.7 Å². The van der Waals surface area contributed by atoms with Gasteiger partial charge in [0.05, 0.1) is 11.5 Å². The molecule has 92 valence electrons. The summed E-state index contributed by atoms with van der Waals surface area (Å²) in [6.45, 7) is 7.47. The van der Waals surface area contributed by atoms with Crippen LogP contribution in [0.15, 0.2) is 0 Å². The van der Waals surface area contributed by atoms with Crippen LogP contribution in [0.1, 0.15) is 33.1 Å². The normalized spacial score (nSPS) is 23.4. The van der Waals surface area contributed by atoms with Gasteiger partial charge in [-0.25, -0.2) is 0 Å². The number of hydrogen-bond acceptors (Lipinski definition) is 3. The molecule has 0 bridgehead atoms. The first kappa shape index (κ1) is 13.5. The van der Waals surface area contributed by atoms with E-state index in [0.29, 0.717) is 6.04 Å². The Morgan fingerprint density at radius 3 is 2.75 bits per heavy atom. The summed E-state index contributed by atoms with van der Waals surface area (Å²) in [5.41, 5.74) is -0.186. The van der Waals surface area contributed by atoms with Gasteiger partial charge in [-0.2, -0.15) is 5.26 Å². The second-order valence-electron chi connectivity index (χ2n) is 5.78. The van der Waals surface area contributed by atoms with Crippen LogP contribution in [-0.2, 0) is 0 Å². The monoisotopic (exact) mass is 223 g/mol. The van der Waals surface area contributed by atoms with Crippen molar-refractivity contribution < 1.29 is 0 Å². The molecule has 0 amide bonds. The summed E-state index contributed by atoms with van der Waals surface area (Å²) in [5, 5.41) is 8.98. The van der Waals surface area contributed by atoms with Gasteiger partial charge >= 0.3 is 0 Å². The summed E-state index contributed by atoms with van der Waals surface area (Å²) in [6, 6.07) is 3.05. The lowest BCUT2D eigenvalue weighted by atomic mass is 9.91. The summed E-state index contributed by atoms with van der Waals surface area (Å²) >= 11 is 0. The Morgan fingerprint density at radius 2 is 2.19 bits per heavy atom. The molecule has 3 nitrogen and oxygen atoms in total. The fraction of sp³-hybridized carbons (Fsp3) is 0.923. The molecular weight excluding hydrogens is 198 g/mol. The molecule has 1 atom stereocenters. The van der Waals surface area contributed by atoms with Gasteiger partial charge < -0.3 is 9.80 Å². The van der Waals surface area contributed by atoms with Crippen LogP contribution in [-0.4, -0.2) is 49.6 Å². The van der Waals surface area contributed by atoms with Crippen LogP contribution >= 0.6 is 0 Å². The third-order valence-corrected chi connectivity index (χ3v) is 3.62. The van der Waals surface area contributed by atoms with E-state index in [4.69, 9.17) is 5.26 Å². The highest BCUT2D eigenvalue weighted by Crippen LogP contribution is 2.20. The first-order valence-electron chi connectivity index (χ1n) is 6.24. The number of likely N-dealkylation sites (N-methyl/N-ethyl adjacent to an activating group) is 2. The molecule has 1 unspecified atom stereocenters. The summed E-state index contributed by atoms with van der Waals surface area (Å²) in [6.07, 6.45) is 3.56. The van der Waals surface area contributed by atoms with Crippen LogP contribution in [0.25, 0.3) is 0 Å². The molecule has 0 aliphatic carbocycles. The van der Waals surface area contributed by atoms with Gasteiger partial charge in [-0.1, -0.05) is 0 Å². The maximum atomic E-state index is 8.98. The third-order valence-electron chi connectivity index (χ3n) is 3.62. The zero-order chi connectivity index (χ0) is 12.2. The topological polar surface area (TPSA) is 30.3 Å². The third kappa shape index (κ3) is 4.11. The molecule has 16 heavy (non-hydrogen) atoms. The molecule has 1 fully saturated rings. The Hall–Kier alpha value is -0.590. The number of likely N-dealkylation sites (tertiary alicyclic amines) is 1. The van der Waals surface area contributed by atoms with Crippen LogP contribution < -0.4 is 0 Å². The van der Waals surface area contributed by atoms with Gasteiger partial charge in [-0.05, 0) is 60.3 Å². The lowest BCUT2D eigenvalue weighted by molar-refractivity contribution is 0.126. The van der Waals surface area contributed by atoms with Gasteiger partial charge in [0.25, 0.3) is 0 Å². The molecule has 1 aliphatic rings. The van der Waals surface area contributed by atoms with Crippen molar-refractivity contribution >= 4 is 0 Å². The minimum absolute atomic E-state index is 0.186. The Morgan fingerprint density at radius 1 is 1.50 bits per heavy atom. The van der Waals surface area contributed by atoms with Crippen molar-refractivity contribution in [1.29, 1.82) is 5.26 Å². The summed E-state index contributed by atoms with van der Waals surface area (Å²) in [7, 11) is 4.39. The second-order valence-corrected chi connectivity index (χ2v) is 5.78. The Labute approximate surface area is 100 Å². The van der Waals surface area contributed by atoms with E-state index >= 15 is 0 Å². The SMILES string of the molecule is CN1CCCC(N(C)CCC(C)(C)C#N)C1. The molecule has 1 aliphatic heterocycles. The van der Waals surface area contributed by atoms with Crippen LogP contribution in [0, 0.1) is 16.7 Å². The molecule has 1 saturated heterocycles. The molecule has 0 saturated carbocycles. The van der Waals surface area contributed by atoms with Crippen LogP contribution in [0.5, 0.6) is 0 Å². The van der Waals surface area contributed by atoms with Gasteiger partial charge in [0.15, 0.2) is 0 Å². The van der Waals surface area contributed by atoms with E-state index in [1.54, 1.807) is 0 Å². The van der Waals surface area contributed by atoms with E-state index < -0.39 is 0 Å². The summed E-state index contributed by atoms with van der Waals surface area (Å²) in [5.74, 6) is 0. The molecule has 0 radical (unpaired) electrons. The number of rotatable bonds is 4. The molecule has 0 aromatic carbocycles. The highest BCUT2D eigenvalue weighted by atomic mass is 15.2. The molecule has 0 aromatic heterocycles. The largest absolute Gasteiger partial charge is 0.305 e. The zero-order valence-corrected chi connectivity index (χ0v) is 11.2. The van der Waals surface area contributed by atoms with Crippen molar-refractivity contribution in [3.05, 3.63) is 0 Å². The molecule has 0 N–H and O–H groups in total. The lowest BCUT2D eigenvalue weighted by Crippen LogP contribution is -2.45. The van der Waals surface area contributed by atoms with Crippen molar-refractivity contribution in [2.24, 2.45) is 5.41 Å². The Kier molecular flexibility index (Phi) is 4.76. The zero-order valence-electron chi connectivity index (χ0n) is 11.2. The van der Waals surface area contributed by atoms with Gasteiger partial charge in [-0.15, -0.1) is 0 Å². The molecule has 0 spiro atoms. The van der Waals surface area contributed by atoms with Gasteiger partial charge in [0, 0.05) is 12.6 Å². The van der Waals surface area contributed by atoms with Gasteiger partial charge in [-0.3, -0.25) is 0 Å². The van der Waals surface area contributed by atoms with Crippen LogP contribution in [0.2, 0.25) is 0 Å². The van der Waals surface area contributed by atoms with Crippen LogP contribution in [0.4, 0.5) is 0 Å². The number of piperidine rings is 1. The molecular formula is C13H25N3. The number of hydrogen-bond donors (Lipinski definition) is 0. The maximum Gasteiger partial charge on any atom is 0.0684 e. The van der Waals surface area contributed by atoms with Crippen molar-refractivity contribution in [2.45, 2.75) is 39.2 Å². The van der Waals surface area contributed by atoms with E-state index in [1.807, 2.05) is 13.8 Å². The smallest absolute Gasteiger partial charge is 0.0684 e. The van der Waals surface area contributed by atoms with Crippen molar-refractivity contribution in [1.82, 2.24) is 9.80 Å². The fourth-order valence-corrected chi connectivity index (χ4v) is 2.19. The van der Waals surface area contributed by atoms with E-state index in [0.717, 1.165) is 13.0 Å². The minimum atomic E-state index is -0.186. The fourth-order valence-electron chi connectivity index (χ4n) is 2.19. The molecule has 1 rings (SSSR count). The molecule has 3 heteroatoms. The highest BCUT2D eigenvalue weighted by Gasteiger charge is 2.23. The number of nitrogens with zero attached hydrogens (tertiary/aromatic N) is 3. The minimum Gasteiger partial charge on any atom is -0.305 e. The molecule has 1 heterocycles. The van der Waals surface area contributed by atoms with Crippen molar-refractivity contribution in [3.8, 4) is 6.07 Å². The van der Waals surface area contributed by atoms with Crippen molar-refractivity contribution in [3.63, 3.8) is 0 Å². The average Bonchev–Trinajstić information content (AvgIpc) is 2.26. The first-order chi connectivity index (χ1) is 7.44. The molecule has 0 aromatic rings. The Balaban J connectivity index is 2.35. The van der Waals surface area contributed by atoms with E-state index in [1.165, 1.54) is 25.9 Å². The van der Waals surface area contributed by atoms with Gasteiger partial charge in [0.1, 0.15) is 0 Å². The lowest BCUT2D eigenvalue weighted by Gasteiger charge is -2.36. The summed E-state index contributed by atoms with van der Waals surface area (Å²) < 4.78 is 0. The van der Waals surface area contributed by atoms with E-state index in [9.17, 15) is 0 Å². The summed E-state index contributed by atoms with van der Waals surface area (Å²) in [4.78, 5) is 4.83. The predicted molar refractivity (Wildman–Crippen MR) is 67.2 cm³/mol.